The van der Waals surface area contributed by atoms with E-state index in [-0.39, 0.29) is 0 Å². The minimum Gasteiger partial charge on any atom is -0.485 e. The van der Waals surface area contributed by atoms with Crippen molar-refractivity contribution < 1.29 is 14.2 Å². The Hall–Kier alpha value is -3.48. The van der Waals surface area contributed by atoms with E-state index in [4.69, 9.17) is 47.4 Å². The van der Waals surface area contributed by atoms with Gasteiger partial charge in [0.2, 0.25) is 11.4 Å². The highest BCUT2D eigenvalue weighted by atomic mass is 35.5. The molecule has 13 heteroatoms. The van der Waals surface area contributed by atoms with E-state index in [1.807, 2.05) is 62.4 Å². The van der Waals surface area contributed by atoms with Crippen molar-refractivity contribution in [2.75, 3.05) is 52.4 Å². The Kier molecular flexibility index (Phi) is 9.72. The number of nitrogens with zero attached hydrogens (tertiary/aromatic N) is 4. The van der Waals surface area contributed by atoms with Crippen LogP contribution in [0, 0.1) is 0 Å². The van der Waals surface area contributed by atoms with E-state index in [0.29, 0.717) is 33.2 Å². The highest BCUT2D eigenvalue weighted by molar-refractivity contribution is 6.30. The summed E-state index contributed by atoms with van der Waals surface area (Å²) < 4.78 is 20.8. The molecule has 4 heterocycles. The van der Waals surface area contributed by atoms with Crippen LogP contribution in [0.3, 0.4) is 0 Å². The first-order valence-electron chi connectivity index (χ1n) is 15.4. The first-order valence-corrected chi connectivity index (χ1v) is 16.1. The van der Waals surface area contributed by atoms with Gasteiger partial charge in [-0.15, -0.1) is 0 Å². The van der Waals surface area contributed by atoms with Gasteiger partial charge in [-0.1, -0.05) is 23.2 Å². The van der Waals surface area contributed by atoms with E-state index < -0.39 is 23.7 Å². The number of hydrogen-bond donors (Lipinski definition) is 4. The Balaban J connectivity index is 1.45. The highest BCUT2D eigenvalue weighted by Crippen LogP contribution is 2.35. The third kappa shape index (κ3) is 6.73. The van der Waals surface area contributed by atoms with Crippen LogP contribution in [0.2, 0.25) is 10.0 Å². The monoisotopic (exact) mass is 654 g/mol. The average molecular weight is 656 g/mol. The molecule has 2 aromatic carbocycles. The molecular weight excluding hydrogens is 615 g/mol. The van der Waals surface area contributed by atoms with Crippen molar-refractivity contribution in [1.82, 2.24) is 31.1 Å². The van der Waals surface area contributed by atoms with Gasteiger partial charge < -0.3 is 45.3 Å². The molecule has 2 saturated heterocycles. The molecule has 4 aliphatic rings. The number of piperazine rings is 2. The van der Waals surface area contributed by atoms with Gasteiger partial charge in [-0.25, -0.2) is 9.98 Å². The van der Waals surface area contributed by atoms with Crippen molar-refractivity contribution >= 4 is 34.9 Å². The summed E-state index contributed by atoms with van der Waals surface area (Å²) in [6, 6.07) is 14.6. The summed E-state index contributed by atoms with van der Waals surface area (Å²) in [7, 11) is 0. The molecule has 6 rings (SSSR count). The molecule has 0 radical (unpaired) electrons. The summed E-state index contributed by atoms with van der Waals surface area (Å²) in [5, 5.41) is 15.3. The zero-order valence-corrected chi connectivity index (χ0v) is 27.0. The van der Waals surface area contributed by atoms with Crippen molar-refractivity contribution in [3.8, 4) is 11.5 Å². The van der Waals surface area contributed by atoms with Crippen molar-refractivity contribution in [3.05, 3.63) is 83.4 Å². The van der Waals surface area contributed by atoms with Crippen LogP contribution < -0.4 is 30.7 Å². The number of ether oxygens (including phenoxy) is 3. The topological polar surface area (TPSA) is 107 Å². The van der Waals surface area contributed by atoms with E-state index >= 15 is 0 Å². The lowest BCUT2D eigenvalue weighted by atomic mass is 9.97. The smallest absolute Gasteiger partial charge is 0.237 e. The molecule has 2 fully saturated rings. The summed E-state index contributed by atoms with van der Waals surface area (Å²) in [5.41, 5.74) is -2.56. The van der Waals surface area contributed by atoms with E-state index in [1.54, 1.807) is 24.8 Å². The van der Waals surface area contributed by atoms with Gasteiger partial charge in [0.1, 0.15) is 11.5 Å². The van der Waals surface area contributed by atoms with Crippen LogP contribution in [0.5, 0.6) is 11.5 Å². The Morgan fingerprint density at radius 2 is 1.02 bits per heavy atom. The third-order valence-electron chi connectivity index (χ3n) is 8.36. The van der Waals surface area contributed by atoms with Gasteiger partial charge in [-0.2, -0.15) is 0 Å². The number of aliphatic imine (C=N–C) groups is 2. The number of benzene rings is 2. The maximum atomic E-state index is 7.54. The highest BCUT2D eigenvalue weighted by Gasteiger charge is 2.58. The SMILES string of the molecule is CC(Oc1ccc(Cl)cc1)C1(OC2(C(C)Oc3ccc(Cl)cc3)NC=CN=C2N2CCNCC2)NC=CN=C1N1CCNCC1. The van der Waals surface area contributed by atoms with Crippen LogP contribution >= 0.6 is 23.2 Å². The fourth-order valence-electron chi connectivity index (χ4n) is 6.01. The van der Waals surface area contributed by atoms with Crippen LogP contribution in [-0.4, -0.2) is 97.5 Å². The predicted molar refractivity (Wildman–Crippen MR) is 178 cm³/mol. The summed E-state index contributed by atoms with van der Waals surface area (Å²) in [5.74, 6) is 2.72. The summed E-state index contributed by atoms with van der Waals surface area (Å²) in [4.78, 5) is 14.4. The minimum absolute atomic E-state index is 0.589. The second kappa shape index (κ2) is 13.9. The molecule has 4 unspecified atom stereocenters. The molecule has 0 aliphatic carbocycles. The van der Waals surface area contributed by atoms with Crippen molar-refractivity contribution in [2.24, 2.45) is 9.98 Å². The summed E-state index contributed by atoms with van der Waals surface area (Å²) in [6.07, 6.45) is 5.93. The quantitative estimate of drug-likeness (QED) is 0.341. The molecule has 4 atom stereocenters. The fraction of sp³-hybridized carbons (Fsp3) is 0.438. The van der Waals surface area contributed by atoms with Gasteiger partial charge in [-0.3, -0.25) is 0 Å². The first-order chi connectivity index (χ1) is 21.9. The van der Waals surface area contributed by atoms with Crippen molar-refractivity contribution in [1.29, 1.82) is 0 Å². The van der Waals surface area contributed by atoms with E-state index in [0.717, 1.165) is 52.4 Å². The molecule has 4 aliphatic heterocycles. The summed E-state index contributed by atoms with van der Waals surface area (Å²) in [6.45, 7) is 10.3. The zero-order valence-electron chi connectivity index (χ0n) is 25.5. The second-order valence-electron chi connectivity index (χ2n) is 11.3. The van der Waals surface area contributed by atoms with Gasteiger partial charge in [-0.05, 0) is 62.4 Å². The third-order valence-corrected chi connectivity index (χ3v) is 8.86. The number of amidine groups is 2. The van der Waals surface area contributed by atoms with Crippen LogP contribution in [0.1, 0.15) is 13.8 Å². The van der Waals surface area contributed by atoms with Gasteiger partial charge in [0.25, 0.3) is 0 Å². The minimum atomic E-state index is -1.28. The number of hydrogen-bond acceptors (Lipinski definition) is 11. The molecule has 45 heavy (non-hydrogen) atoms. The van der Waals surface area contributed by atoms with Gasteiger partial charge in [0, 0.05) is 87.2 Å². The van der Waals surface area contributed by atoms with Gasteiger partial charge in [0.15, 0.2) is 23.9 Å². The van der Waals surface area contributed by atoms with E-state index in [9.17, 15) is 0 Å². The zero-order chi connectivity index (χ0) is 31.3. The molecule has 0 bridgehead atoms. The van der Waals surface area contributed by atoms with Crippen LogP contribution in [0.4, 0.5) is 0 Å². The van der Waals surface area contributed by atoms with Gasteiger partial charge >= 0.3 is 0 Å². The number of halogens is 2. The fourth-order valence-corrected chi connectivity index (χ4v) is 6.27. The average Bonchev–Trinajstić information content (AvgIpc) is 3.08. The Labute approximate surface area is 274 Å². The Bertz CT molecular complexity index is 1320. The Morgan fingerprint density at radius 3 is 1.40 bits per heavy atom. The second-order valence-corrected chi connectivity index (χ2v) is 12.2. The molecule has 2 aromatic rings. The molecule has 4 N–H and O–H groups in total. The molecular formula is C32H40Cl2N8O3. The number of rotatable bonds is 8. The maximum absolute atomic E-state index is 7.54. The summed E-state index contributed by atoms with van der Waals surface area (Å²) >= 11 is 12.4. The van der Waals surface area contributed by atoms with Crippen LogP contribution in [0.25, 0.3) is 0 Å². The largest absolute Gasteiger partial charge is 0.485 e. The lowest BCUT2D eigenvalue weighted by Gasteiger charge is -2.53. The normalized spacial score (nSPS) is 26.2. The molecule has 0 saturated carbocycles. The van der Waals surface area contributed by atoms with Crippen molar-refractivity contribution in [3.63, 3.8) is 0 Å². The van der Waals surface area contributed by atoms with E-state index in [2.05, 4.69) is 31.1 Å². The predicted octanol–water partition coefficient (Wildman–Crippen LogP) is 3.39. The molecule has 240 valence electrons. The maximum Gasteiger partial charge on any atom is 0.237 e. The lowest BCUT2D eigenvalue weighted by molar-refractivity contribution is -0.184. The first kappa shape index (κ1) is 31.5. The number of nitrogens with one attached hydrogen (secondary N) is 4. The molecule has 0 spiro atoms. The van der Waals surface area contributed by atoms with E-state index in [1.165, 1.54) is 0 Å². The molecule has 0 aromatic heterocycles. The van der Waals surface area contributed by atoms with Crippen LogP contribution in [0.15, 0.2) is 83.3 Å². The molecule has 11 nitrogen and oxygen atoms in total. The lowest BCUT2D eigenvalue weighted by Crippen LogP contribution is -2.77. The standard InChI is InChI=1S/C32H40Cl2N8O3/c1-23(43-27-7-3-25(33)4-8-27)31(29(37-11-13-39-31)41-19-15-35-16-20-41)45-32(24(2)44-28-9-5-26(34)6-10-28)30(38-12-14-40-32)42-21-17-36-18-22-42/h3-14,23-24,35-36,39-40H,15-22H2,1-2H3. The van der Waals surface area contributed by atoms with Gasteiger partial charge in [0.05, 0.1) is 0 Å². The van der Waals surface area contributed by atoms with Crippen LogP contribution in [-0.2, 0) is 4.74 Å². The van der Waals surface area contributed by atoms with Crippen molar-refractivity contribution in [2.45, 2.75) is 37.5 Å². The molecule has 0 amide bonds. The Morgan fingerprint density at radius 1 is 0.644 bits per heavy atom.